The Morgan fingerprint density at radius 2 is 2.13 bits per heavy atom. The van der Waals surface area contributed by atoms with E-state index in [1.165, 1.54) is 0 Å². The second-order valence-corrected chi connectivity index (χ2v) is 5.10. The molecule has 0 aromatic carbocycles. The predicted molar refractivity (Wildman–Crippen MR) is 54.2 cm³/mol. The Morgan fingerprint density at radius 3 is 2.60 bits per heavy atom. The molecule has 1 aliphatic carbocycles. The number of amides is 1. The quantitative estimate of drug-likeness (QED) is 0.756. The van der Waals surface area contributed by atoms with Crippen LogP contribution in [0.1, 0.15) is 26.7 Å². The zero-order valence-electron chi connectivity index (χ0n) is 9.14. The van der Waals surface area contributed by atoms with Crippen molar-refractivity contribution in [1.29, 1.82) is 0 Å². The highest BCUT2D eigenvalue weighted by Gasteiger charge is 2.52. The molecule has 3 rings (SSSR count). The fourth-order valence-corrected chi connectivity index (χ4v) is 2.68. The van der Waals surface area contributed by atoms with Crippen molar-refractivity contribution in [3.63, 3.8) is 0 Å². The average Bonchev–Trinajstić information content (AvgIpc) is 2.03. The summed E-state index contributed by atoms with van der Waals surface area (Å²) in [5.41, 5.74) is 0. The number of carboxylic acids is 1. The van der Waals surface area contributed by atoms with Crippen LogP contribution >= 0.6 is 0 Å². The molecule has 4 nitrogen and oxygen atoms in total. The van der Waals surface area contributed by atoms with E-state index < -0.39 is 12.0 Å². The summed E-state index contributed by atoms with van der Waals surface area (Å²) in [6.45, 7) is 4.58. The first-order valence-corrected chi connectivity index (χ1v) is 5.54. The second-order valence-electron chi connectivity index (χ2n) is 5.10. The number of carbonyl (C=O) groups is 2. The number of piperidine rings is 2. The Morgan fingerprint density at radius 1 is 1.53 bits per heavy atom. The third-order valence-electron chi connectivity index (χ3n) is 3.40. The van der Waals surface area contributed by atoms with Gasteiger partial charge in [0.1, 0.15) is 6.04 Å². The smallest absolute Gasteiger partial charge is 0.326 e. The van der Waals surface area contributed by atoms with Gasteiger partial charge in [-0.25, -0.2) is 4.79 Å². The molecule has 15 heavy (non-hydrogen) atoms. The molecule has 1 amide bonds. The molecule has 0 aromatic rings. The topological polar surface area (TPSA) is 57.6 Å². The molecule has 1 atom stereocenters. The van der Waals surface area contributed by atoms with Crippen LogP contribution in [-0.2, 0) is 9.59 Å². The maximum absolute atomic E-state index is 11.9. The number of rotatable bonds is 3. The van der Waals surface area contributed by atoms with Gasteiger partial charge < -0.3 is 10.0 Å². The zero-order chi connectivity index (χ0) is 11.2. The van der Waals surface area contributed by atoms with Crippen LogP contribution in [0.5, 0.6) is 0 Å². The molecule has 2 saturated heterocycles. The van der Waals surface area contributed by atoms with E-state index in [1.54, 1.807) is 4.90 Å². The summed E-state index contributed by atoms with van der Waals surface area (Å²) in [5.74, 6) is -0.146. The summed E-state index contributed by atoms with van der Waals surface area (Å²) in [5, 5.41) is 9.14. The lowest BCUT2D eigenvalue weighted by molar-refractivity contribution is -0.170. The number of hydrogen-bond acceptors (Lipinski definition) is 2. The number of carbonyl (C=O) groups excluding carboxylic acids is 1. The van der Waals surface area contributed by atoms with Gasteiger partial charge in [0.15, 0.2) is 0 Å². The molecule has 84 valence electrons. The molecule has 0 spiro atoms. The largest absolute Gasteiger partial charge is 0.480 e. The van der Waals surface area contributed by atoms with Gasteiger partial charge in [-0.05, 0) is 24.7 Å². The Hall–Kier alpha value is -1.06. The fraction of sp³-hybridized carbons (Fsp3) is 0.818. The first-order chi connectivity index (χ1) is 7.00. The summed E-state index contributed by atoms with van der Waals surface area (Å²) in [6.07, 6.45) is 1.56. The number of carboxylic acid groups (broad SMARTS) is 1. The molecule has 1 unspecified atom stereocenters. The predicted octanol–water partition coefficient (Wildman–Crippen LogP) is 0.964. The van der Waals surface area contributed by atoms with Crippen LogP contribution in [0.3, 0.4) is 0 Å². The third-order valence-corrected chi connectivity index (χ3v) is 3.40. The lowest BCUT2D eigenvalue weighted by Gasteiger charge is -2.50. The number of aliphatic carboxylic acids is 1. The van der Waals surface area contributed by atoms with Gasteiger partial charge >= 0.3 is 5.97 Å². The van der Waals surface area contributed by atoms with Crippen molar-refractivity contribution in [2.75, 3.05) is 6.54 Å². The second kappa shape index (κ2) is 3.51. The molecule has 1 N–H and O–H groups in total. The van der Waals surface area contributed by atoms with E-state index in [0.717, 1.165) is 12.8 Å². The van der Waals surface area contributed by atoms with Crippen molar-refractivity contribution >= 4 is 11.9 Å². The van der Waals surface area contributed by atoms with E-state index in [-0.39, 0.29) is 17.7 Å². The molecule has 4 heteroatoms. The zero-order valence-corrected chi connectivity index (χ0v) is 9.14. The maximum atomic E-state index is 11.9. The summed E-state index contributed by atoms with van der Waals surface area (Å²) in [6, 6.07) is -0.565. The fourth-order valence-electron chi connectivity index (χ4n) is 2.68. The van der Waals surface area contributed by atoms with Crippen LogP contribution in [0.25, 0.3) is 0 Å². The Kier molecular flexibility index (Phi) is 2.44. The monoisotopic (exact) mass is 211 g/mol. The van der Waals surface area contributed by atoms with Crippen molar-refractivity contribution < 1.29 is 14.7 Å². The SMILES string of the molecule is CC(C)CN1C(=O)C2CC(C2)C1C(=O)O. The van der Waals surface area contributed by atoms with Gasteiger partial charge in [0.2, 0.25) is 5.91 Å². The van der Waals surface area contributed by atoms with E-state index in [0.29, 0.717) is 12.5 Å². The van der Waals surface area contributed by atoms with Crippen LogP contribution in [-0.4, -0.2) is 34.5 Å². The molecule has 3 aliphatic rings. The number of nitrogens with zero attached hydrogens (tertiary/aromatic N) is 1. The minimum atomic E-state index is -0.841. The van der Waals surface area contributed by atoms with E-state index >= 15 is 0 Å². The van der Waals surface area contributed by atoms with Crippen molar-refractivity contribution in [3.8, 4) is 0 Å². The first-order valence-electron chi connectivity index (χ1n) is 5.54. The van der Waals surface area contributed by atoms with Crippen LogP contribution < -0.4 is 0 Å². The molecule has 0 radical (unpaired) electrons. The first kappa shape index (κ1) is 10.5. The lowest BCUT2D eigenvalue weighted by atomic mass is 9.66. The van der Waals surface area contributed by atoms with E-state index in [2.05, 4.69) is 0 Å². The van der Waals surface area contributed by atoms with E-state index in [4.69, 9.17) is 5.11 Å². The van der Waals surface area contributed by atoms with Crippen LogP contribution in [0, 0.1) is 17.8 Å². The highest BCUT2D eigenvalue weighted by Crippen LogP contribution is 2.44. The Labute approximate surface area is 89.3 Å². The van der Waals surface area contributed by atoms with Gasteiger partial charge in [0.05, 0.1) is 0 Å². The average molecular weight is 211 g/mol. The molecular formula is C11H17NO3. The van der Waals surface area contributed by atoms with Gasteiger partial charge in [0, 0.05) is 12.5 Å². The van der Waals surface area contributed by atoms with Crippen molar-refractivity contribution in [2.45, 2.75) is 32.7 Å². The van der Waals surface area contributed by atoms with Crippen molar-refractivity contribution in [2.24, 2.45) is 17.8 Å². The van der Waals surface area contributed by atoms with Crippen LogP contribution in [0.15, 0.2) is 0 Å². The van der Waals surface area contributed by atoms with Crippen LogP contribution in [0.4, 0.5) is 0 Å². The van der Waals surface area contributed by atoms with Gasteiger partial charge in [-0.15, -0.1) is 0 Å². The standard InChI is InChI=1S/C11H17NO3/c1-6(2)5-12-9(11(14)15)7-3-8(4-7)10(12)13/h6-9H,3-5H2,1-2H3,(H,14,15). The van der Waals surface area contributed by atoms with E-state index in [1.807, 2.05) is 13.8 Å². The lowest BCUT2D eigenvalue weighted by Crippen LogP contribution is -2.62. The Bertz CT molecular complexity index is 294. The van der Waals surface area contributed by atoms with Crippen LogP contribution in [0.2, 0.25) is 0 Å². The minimum Gasteiger partial charge on any atom is -0.480 e. The van der Waals surface area contributed by atoms with Gasteiger partial charge in [-0.2, -0.15) is 0 Å². The minimum absolute atomic E-state index is 0.0543. The number of hydrogen-bond donors (Lipinski definition) is 1. The molecule has 1 saturated carbocycles. The van der Waals surface area contributed by atoms with Gasteiger partial charge in [-0.1, -0.05) is 13.8 Å². The van der Waals surface area contributed by atoms with Crippen molar-refractivity contribution in [3.05, 3.63) is 0 Å². The van der Waals surface area contributed by atoms with Gasteiger partial charge in [0.25, 0.3) is 0 Å². The normalized spacial score (nSPS) is 34.2. The summed E-state index contributed by atoms with van der Waals surface area (Å²) in [7, 11) is 0. The third kappa shape index (κ3) is 1.62. The molecule has 3 fully saturated rings. The number of fused-ring (bicyclic) bond motifs is 2. The molecule has 2 aliphatic heterocycles. The highest BCUT2D eigenvalue weighted by molar-refractivity contribution is 5.88. The maximum Gasteiger partial charge on any atom is 0.326 e. The van der Waals surface area contributed by atoms with E-state index in [9.17, 15) is 9.59 Å². The molecule has 0 aromatic heterocycles. The molecule has 2 heterocycles. The molecule has 2 bridgehead atoms. The Balaban J connectivity index is 2.16. The summed E-state index contributed by atoms with van der Waals surface area (Å²) < 4.78 is 0. The van der Waals surface area contributed by atoms with Crippen molar-refractivity contribution in [1.82, 2.24) is 4.90 Å². The van der Waals surface area contributed by atoms with Gasteiger partial charge in [-0.3, -0.25) is 4.79 Å². The summed E-state index contributed by atoms with van der Waals surface area (Å²) in [4.78, 5) is 24.6. The summed E-state index contributed by atoms with van der Waals surface area (Å²) >= 11 is 0. The highest BCUT2D eigenvalue weighted by atomic mass is 16.4. The molecular weight excluding hydrogens is 194 g/mol.